The highest BCUT2D eigenvalue weighted by Gasteiger charge is 2.10. The zero-order valence-corrected chi connectivity index (χ0v) is 9.78. The molecule has 76 valence electrons. The molecule has 0 saturated heterocycles. The molecule has 0 bridgehead atoms. The second-order valence-corrected chi connectivity index (χ2v) is 5.36. The van der Waals surface area contributed by atoms with E-state index in [4.69, 9.17) is 16.7 Å². The van der Waals surface area contributed by atoms with Crippen LogP contribution in [0, 0.1) is 3.57 Å². The van der Waals surface area contributed by atoms with E-state index in [1.165, 1.54) is 18.2 Å². The Bertz CT molecular complexity index is 431. The fourth-order valence-corrected chi connectivity index (χ4v) is 2.57. The third-order valence-electron chi connectivity index (χ3n) is 1.52. The maximum Gasteiger partial charge on any atom is 0.341 e. The standard InChI is InChI=1S/C8H6ClIO4/c9-6-1-2-7(10(13)14)5(3-6)4-8(11)12/h1-3H,4H2,(H,11,12). The number of rotatable bonds is 3. The molecule has 0 aromatic heterocycles. The molecule has 0 atom stereocenters. The second-order valence-electron chi connectivity index (χ2n) is 2.52. The van der Waals surface area contributed by atoms with Crippen molar-refractivity contribution in [2.24, 2.45) is 0 Å². The molecule has 4 nitrogen and oxygen atoms in total. The van der Waals surface area contributed by atoms with Gasteiger partial charge in [0.2, 0.25) is 0 Å². The van der Waals surface area contributed by atoms with Gasteiger partial charge in [-0.2, -0.15) is 0 Å². The fraction of sp³-hybridized carbons (Fsp3) is 0.125. The van der Waals surface area contributed by atoms with Crippen molar-refractivity contribution in [2.75, 3.05) is 0 Å². The van der Waals surface area contributed by atoms with Crippen LogP contribution in [-0.4, -0.2) is 11.1 Å². The first-order valence-electron chi connectivity index (χ1n) is 3.56. The molecule has 0 saturated carbocycles. The van der Waals surface area contributed by atoms with E-state index >= 15 is 0 Å². The number of aliphatic carboxylic acids is 1. The lowest BCUT2D eigenvalue weighted by molar-refractivity contribution is -0.136. The molecular weight excluding hydrogens is 322 g/mol. The van der Waals surface area contributed by atoms with Gasteiger partial charge in [0.15, 0.2) is 0 Å². The lowest BCUT2D eigenvalue weighted by Crippen LogP contribution is -2.02. The summed E-state index contributed by atoms with van der Waals surface area (Å²) in [6.07, 6.45) is -0.325. The maximum atomic E-state index is 10.8. The average Bonchev–Trinajstić information content (AvgIpc) is 2.01. The third kappa shape index (κ3) is 2.91. The van der Waals surface area contributed by atoms with Crippen LogP contribution in [0.3, 0.4) is 0 Å². The highest BCUT2D eigenvalue weighted by atomic mass is 127. The average molecular weight is 328 g/mol. The SMILES string of the molecule is O=C(O)Cc1cc(Cl)ccc1I(=O)=O. The van der Waals surface area contributed by atoms with E-state index in [-0.39, 0.29) is 15.6 Å². The van der Waals surface area contributed by atoms with Gasteiger partial charge in [0.25, 0.3) is 0 Å². The minimum Gasteiger partial charge on any atom is -0.481 e. The summed E-state index contributed by atoms with van der Waals surface area (Å²) < 4.78 is 21.7. The third-order valence-corrected chi connectivity index (χ3v) is 3.75. The highest BCUT2D eigenvalue weighted by Crippen LogP contribution is 2.25. The monoisotopic (exact) mass is 328 g/mol. The van der Waals surface area contributed by atoms with Gasteiger partial charge >= 0.3 is 25.8 Å². The Morgan fingerprint density at radius 2 is 2.07 bits per heavy atom. The van der Waals surface area contributed by atoms with Gasteiger partial charge in [0.05, 0.1) is 9.99 Å². The number of hydrogen-bond donors (Lipinski definition) is 1. The lowest BCUT2D eigenvalue weighted by Gasteiger charge is -2.00. The van der Waals surface area contributed by atoms with E-state index in [1.807, 2.05) is 0 Å². The van der Waals surface area contributed by atoms with E-state index in [2.05, 4.69) is 0 Å². The van der Waals surface area contributed by atoms with Crippen LogP contribution in [0.2, 0.25) is 5.02 Å². The van der Waals surface area contributed by atoms with Crippen molar-refractivity contribution < 1.29 is 16.0 Å². The molecule has 0 aliphatic carbocycles. The Hall–Kier alpha value is -0.690. The van der Waals surface area contributed by atoms with Crippen molar-refractivity contribution in [3.8, 4) is 0 Å². The lowest BCUT2D eigenvalue weighted by atomic mass is 10.2. The number of carbonyl (C=O) groups is 1. The molecule has 0 spiro atoms. The molecule has 6 heteroatoms. The van der Waals surface area contributed by atoms with Gasteiger partial charge in [0.1, 0.15) is 0 Å². The van der Waals surface area contributed by atoms with Gasteiger partial charge in [-0.15, -0.1) is 0 Å². The molecule has 1 rings (SSSR count). The molecule has 0 heterocycles. The minimum absolute atomic E-state index is 0.0981. The Kier molecular flexibility index (Phi) is 3.82. The number of hydrogen-bond acceptors (Lipinski definition) is 3. The highest BCUT2D eigenvalue weighted by molar-refractivity contribution is 14.2. The molecule has 0 radical (unpaired) electrons. The van der Waals surface area contributed by atoms with Gasteiger partial charge in [0, 0.05) is 5.02 Å². The number of halogens is 2. The van der Waals surface area contributed by atoms with Crippen molar-refractivity contribution in [1.82, 2.24) is 0 Å². The Morgan fingerprint density at radius 3 is 2.57 bits per heavy atom. The number of carboxylic acid groups (broad SMARTS) is 1. The van der Waals surface area contributed by atoms with Gasteiger partial charge in [-0.25, -0.2) is 6.14 Å². The van der Waals surface area contributed by atoms with Crippen LogP contribution in [0.15, 0.2) is 18.2 Å². The molecule has 0 fully saturated rings. The molecule has 1 aromatic carbocycles. The molecule has 0 aliphatic rings. The van der Waals surface area contributed by atoms with Gasteiger partial charge in [-0.3, -0.25) is 4.79 Å². The second kappa shape index (κ2) is 4.70. The van der Waals surface area contributed by atoms with Gasteiger partial charge < -0.3 is 5.11 Å². The van der Waals surface area contributed by atoms with Crippen LogP contribution in [0.1, 0.15) is 5.56 Å². The molecule has 14 heavy (non-hydrogen) atoms. The summed E-state index contributed by atoms with van der Waals surface area (Å²) in [7, 11) is 0. The van der Waals surface area contributed by atoms with E-state index in [9.17, 15) is 10.9 Å². The van der Waals surface area contributed by atoms with Gasteiger partial charge in [-0.05, 0) is 23.8 Å². The maximum absolute atomic E-state index is 10.8. The topological polar surface area (TPSA) is 71.4 Å². The number of carboxylic acids is 1. The summed E-state index contributed by atoms with van der Waals surface area (Å²) in [5, 5.41) is 8.87. The van der Waals surface area contributed by atoms with E-state index in [0.29, 0.717) is 5.02 Å². The number of benzene rings is 1. The molecule has 1 N–H and O–H groups in total. The summed E-state index contributed by atoms with van der Waals surface area (Å²) in [5.74, 6) is -1.08. The van der Waals surface area contributed by atoms with Crippen LogP contribution >= 0.6 is 31.4 Å². The van der Waals surface area contributed by atoms with Crippen molar-refractivity contribution in [3.63, 3.8) is 0 Å². The fourth-order valence-electron chi connectivity index (χ4n) is 0.992. The zero-order valence-electron chi connectivity index (χ0n) is 6.87. The Balaban J connectivity index is 3.22. The smallest absolute Gasteiger partial charge is 0.341 e. The van der Waals surface area contributed by atoms with Crippen molar-refractivity contribution in [2.45, 2.75) is 6.42 Å². The largest absolute Gasteiger partial charge is 0.481 e. The summed E-state index contributed by atoms with van der Waals surface area (Å²) in [6.45, 7) is 0. The predicted molar refractivity (Wildman–Crippen MR) is 56.9 cm³/mol. The van der Waals surface area contributed by atoms with Crippen LogP contribution < -0.4 is 0 Å². The Labute approximate surface area is 92.0 Å². The van der Waals surface area contributed by atoms with Crippen molar-refractivity contribution in [3.05, 3.63) is 32.4 Å². The van der Waals surface area contributed by atoms with Crippen LogP contribution in [0.25, 0.3) is 0 Å². The predicted octanol–water partition coefficient (Wildman–Crippen LogP) is 2.33. The quantitative estimate of drug-likeness (QED) is 0.865. The summed E-state index contributed by atoms with van der Waals surface area (Å²) in [4.78, 5) is 10.4. The summed E-state index contributed by atoms with van der Waals surface area (Å²) in [6, 6.07) is 4.14. The molecule has 0 amide bonds. The van der Waals surface area contributed by atoms with E-state index in [1.54, 1.807) is 0 Å². The van der Waals surface area contributed by atoms with Crippen molar-refractivity contribution in [1.29, 1.82) is 0 Å². The first kappa shape index (κ1) is 11.4. The van der Waals surface area contributed by atoms with E-state index in [0.717, 1.165) is 0 Å². The first-order chi connectivity index (χ1) is 6.50. The molecule has 0 aliphatic heterocycles. The molecule has 0 unspecified atom stereocenters. The summed E-state index contributed by atoms with van der Waals surface area (Å²) >= 11 is 1.99. The summed E-state index contributed by atoms with van der Waals surface area (Å²) in [5.41, 5.74) is 0.250. The normalized spacial score (nSPS) is 10.4. The zero-order chi connectivity index (χ0) is 10.7. The van der Waals surface area contributed by atoms with Crippen LogP contribution in [0.5, 0.6) is 0 Å². The van der Waals surface area contributed by atoms with Gasteiger partial charge in [-0.1, -0.05) is 11.6 Å². The first-order valence-corrected chi connectivity index (χ1v) is 6.78. The molecule has 1 aromatic rings. The minimum atomic E-state index is -3.63. The van der Waals surface area contributed by atoms with Crippen molar-refractivity contribution >= 4 is 37.4 Å². The molecular formula is C8H6ClIO4. The van der Waals surface area contributed by atoms with Crippen LogP contribution in [-0.2, 0) is 17.4 Å². The van der Waals surface area contributed by atoms with E-state index < -0.39 is 25.8 Å². The van der Waals surface area contributed by atoms with Crippen LogP contribution in [0.4, 0.5) is 0 Å². The Morgan fingerprint density at radius 1 is 1.43 bits per heavy atom.